The van der Waals surface area contributed by atoms with Crippen molar-refractivity contribution < 1.29 is 51.0 Å². The van der Waals surface area contributed by atoms with Crippen LogP contribution in [0.5, 0.6) is 0 Å². The van der Waals surface area contributed by atoms with E-state index >= 15 is 0 Å². The molecule has 7 rings (SSSR count). The van der Waals surface area contributed by atoms with Crippen LogP contribution in [0, 0.1) is 15.7 Å². The number of benzene rings is 4. The minimum absolute atomic E-state index is 0. The normalized spacial score (nSPS) is 16.8. The van der Waals surface area contributed by atoms with Crippen LogP contribution in [0.2, 0.25) is 0 Å². The van der Waals surface area contributed by atoms with Crippen molar-refractivity contribution in [3.63, 3.8) is 0 Å². The maximum absolute atomic E-state index is 3.47. The molecule has 0 N–H and O–H groups in total. The Morgan fingerprint density at radius 3 is 2.23 bits per heavy atom. The molecule has 3 aliphatic rings. The predicted octanol–water partition coefficient (Wildman–Crippen LogP) is 2.37. The average molecular weight is 701 g/mol. The van der Waals surface area contributed by atoms with E-state index in [2.05, 4.69) is 138 Å². The van der Waals surface area contributed by atoms with Gasteiger partial charge in [-0.25, -0.2) is 12.2 Å². The summed E-state index contributed by atoms with van der Waals surface area (Å²) in [6.07, 6.45) is 11.2. The second kappa shape index (κ2) is 12.4. The van der Waals surface area contributed by atoms with Crippen molar-refractivity contribution >= 4 is 46.5 Å². The fourth-order valence-corrected chi connectivity index (χ4v) is 6.48. The first-order valence-electron chi connectivity index (χ1n) is 10.7. The van der Waals surface area contributed by atoms with E-state index in [1.54, 1.807) is 0 Å². The Kier molecular flexibility index (Phi) is 10.1. The Morgan fingerprint density at radius 1 is 0.686 bits per heavy atom. The van der Waals surface area contributed by atoms with Crippen molar-refractivity contribution in [2.75, 3.05) is 0 Å². The molecule has 1 heterocycles. The van der Waals surface area contributed by atoms with E-state index in [0.717, 1.165) is 0 Å². The third-order valence-corrected chi connectivity index (χ3v) is 8.14. The minimum Gasteiger partial charge on any atom is -1.00 e. The molecule has 4 aromatic rings. The Hall–Kier alpha value is -1.10. The molecule has 2 aliphatic carbocycles. The van der Waals surface area contributed by atoms with E-state index in [9.17, 15) is 0 Å². The minimum atomic E-state index is 0. The van der Waals surface area contributed by atoms with E-state index < -0.39 is 0 Å². The monoisotopic (exact) mass is 698 g/mol. The van der Waals surface area contributed by atoms with Gasteiger partial charge < -0.3 is 24.8 Å². The molecule has 0 aromatic heterocycles. The third kappa shape index (κ3) is 5.60. The van der Waals surface area contributed by atoms with Gasteiger partial charge in [0, 0.05) is 4.90 Å². The molecule has 0 spiro atoms. The van der Waals surface area contributed by atoms with Gasteiger partial charge in [0.1, 0.15) is 0 Å². The molecule has 2 unspecified atom stereocenters. The van der Waals surface area contributed by atoms with Crippen molar-refractivity contribution in [2.45, 2.75) is 21.6 Å². The maximum Gasteiger partial charge on any atom is 4.00 e. The van der Waals surface area contributed by atoms with Crippen molar-refractivity contribution in [3.8, 4) is 0 Å². The molecule has 0 saturated carbocycles. The maximum atomic E-state index is 3.47. The Morgan fingerprint density at radius 2 is 1.40 bits per heavy atom. The second-order valence-corrected chi connectivity index (χ2v) is 10.4. The molecule has 2 atom stereocenters. The molecule has 6 bridgehead atoms. The van der Waals surface area contributed by atoms with Crippen LogP contribution in [0.3, 0.4) is 0 Å². The van der Waals surface area contributed by atoms with Crippen molar-refractivity contribution in [3.05, 3.63) is 140 Å². The van der Waals surface area contributed by atoms with E-state index in [4.69, 9.17) is 0 Å². The summed E-state index contributed by atoms with van der Waals surface area (Å²) < 4.78 is 1.32. The van der Waals surface area contributed by atoms with E-state index in [0.29, 0.717) is 11.8 Å². The first kappa shape index (κ1) is 28.5. The molecule has 0 radical (unpaired) electrons. The topological polar surface area (TPSA) is 0 Å². The molecule has 0 saturated heterocycles. The summed E-state index contributed by atoms with van der Waals surface area (Å²) in [5.41, 5.74) is 8.15. The summed E-state index contributed by atoms with van der Waals surface area (Å²) in [4.78, 5) is 2.68. The zero-order valence-electron chi connectivity index (χ0n) is 18.5. The molecule has 0 fully saturated rings. The number of hydrogen-bond acceptors (Lipinski definition) is 1. The Bertz CT molecular complexity index is 1380. The van der Waals surface area contributed by atoms with Gasteiger partial charge in [-0.1, -0.05) is 101 Å². The standard InChI is InChI=1S/C15H10I.C15H9S.2ClH.Zr/c16-14-8-4-7-12-9-10-13(15(12)14)11-5-2-1-3-6-11;1-3-10-9-11(4-1)16-15-6-2-5-13-12(10)7-8-14(13)15;;;/h1-9,13H;1-6,8-9,12H;2*1H;/q2*-1;;;+4/p-2. The molecule has 0 amide bonds. The number of halogens is 3. The smallest absolute Gasteiger partial charge is 1.00 e. The van der Waals surface area contributed by atoms with Crippen LogP contribution in [0.15, 0.2) is 101 Å². The van der Waals surface area contributed by atoms with Gasteiger partial charge in [-0.2, -0.15) is 11.1 Å². The number of hydrogen-bond donors (Lipinski definition) is 0. The first-order chi connectivity index (χ1) is 15.8. The summed E-state index contributed by atoms with van der Waals surface area (Å²) >= 11 is 4.26. The summed E-state index contributed by atoms with van der Waals surface area (Å²) in [7, 11) is 0. The van der Waals surface area contributed by atoms with Gasteiger partial charge in [0.25, 0.3) is 0 Å². The van der Waals surface area contributed by atoms with Crippen LogP contribution >= 0.6 is 34.4 Å². The summed E-state index contributed by atoms with van der Waals surface area (Å²) in [6.45, 7) is 0. The van der Waals surface area contributed by atoms with Crippen molar-refractivity contribution in [1.82, 2.24) is 0 Å². The molecule has 5 heteroatoms. The number of fused-ring (bicyclic) bond motifs is 4. The van der Waals surface area contributed by atoms with Crippen LogP contribution < -0.4 is 24.8 Å². The van der Waals surface area contributed by atoms with Crippen molar-refractivity contribution in [1.29, 1.82) is 0 Å². The van der Waals surface area contributed by atoms with Crippen molar-refractivity contribution in [2.24, 2.45) is 0 Å². The zero-order chi connectivity index (χ0) is 21.5. The molecule has 0 nitrogen and oxygen atoms in total. The largest absolute Gasteiger partial charge is 4.00 e. The van der Waals surface area contributed by atoms with Gasteiger partial charge in [-0.05, 0) is 38.3 Å². The molecule has 35 heavy (non-hydrogen) atoms. The fraction of sp³-hybridized carbons (Fsp3) is 0.0667. The fourth-order valence-electron chi connectivity index (χ4n) is 4.62. The summed E-state index contributed by atoms with van der Waals surface area (Å²) in [5.74, 6) is 0.653. The van der Waals surface area contributed by atoms with Crippen LogP contribution in [-0.2, 0) is 26.2 Å². The average Bonchev–Trinajstić information content (AvgIpc) is 3.47. The first-order valence-corrected chi connectivity index (χ1v) is 12.6. The number of rotatable bonds is 1. The van der Waals surface area contributed by atoms with E-state index in [1.165, 1.54) is 46.7 Å². The third-order valence-electron chi connectivity index (χ3n) is 6.14. The SMILES string of the molecule is Ic1cccc2c1C(c1ccccc1)[C-]=C2.[C-]1=Cc2c3cccc2C1c1cccc(c1)S3.[Cl-].[Cl-].[Zr+4]. The molecule has 4 aromatic carbocycles. The molecule has 170 valence electrons. The quantitative estimate of drug-likeness (QED) is 0.217. The predicted molar refractivity (Wildman–Crippen MR) is 142 cm³/mol. The van der Waals surface area contributed by atoms with Crippen LogP contribution in [0.4, 0.5) is 0 Å². The van der Waals surface area contributed by atoms with Crippen LogP contribution in [-0.4, -0.2) is 0 Å². The van der Waals surface area contributed by atoms with E-state index in [-0.39, 0.29) is 51.0 Å². The second-order valence-electron chi connectivity index (χ2n) is 8.08. The molecular weight excluding hydrogens is 681 g/mol. The molecular formula is C30H19Cl2ISZr. The van der Waals surface area contributed by atoms with Gasteiger partial charge in [0.05, 0.1) is 0 Å². The zero-order valence-corrected chi connectivity index (χ0v) is 25.5. The Labute approximate surface area is 256 Å². The van der Waals surface area contributed by atoms with Crippen LogP contribution in [0.25, 0.3) is 12.2 Å². The van der Waals surface area contributed by atoms with Gasteiger partial charge in [-0.15, -0.1) is 29.0 Å². The van der Waals surface area contributed by atoms with Gasteiger partial charge >= 0.3 is 26.2 Å². The van der Waals surface area contributed by atoms with E-state index in [1.807, 2.05) is 11.8 Å². The van der Waals surface area contributed by atoms with Gasteiger partial charge in [0.15, 0.2) is 0 Å². The van der Waals surface area contributed by atoms with Gasteiger partial charge in [-0.3, -0.25) is 12.2 Å². The summed E-state index contributed by atoms with van der Waals surface area (Å²) in [5, 5.41) is 0. The molecule has 1 aliphatic heterocycles. The van der Waals surface area contributed by atoms with Crippen LogP contribution in [0.1, 0.15) is 45.2 Å². The number of allylic oxidation sites excluding steroid dienone is 2. The Balaban J connectivity index is 0.000000180. The summed E-state index contributed by atoms with van der Waals surface area (Å²) in [6, 6.07) is 32.4. The van der Waals surface area contributed by atoms with Gasteiger partial charge in [0.2, 0.25) is 0 Å².